The van der Waals surface area contributed by atoms with Crippen LogP contribution in [-0.2, 0) is 32.6 Å². The van der Waals surface area contributed by atoms with Crippen molar-refractivity contribution in [3.05, 3.63) is 82.7 Å². The van der Waals surface area contributed by atoms with Crippen molar-refractivity contribution in [2.24, 2.45) is 0 Å². The van der Waals surface area contributed by atoms with Crippen molar-refractivity contribution in [2.75, 3.05) is 17.6 Å². The van der Waals surface area contributed by atoms with Gasteiger partial charge in [-0.2, -0.15) is 5.10 Å². The highest BCUT2D eigenvalue weighted by Crippen LogP contribution is 2.15. The number of esters is 1. The smallest absolute Gasteiger partial charge is 0.338 e. The first-order valence-corrected chi connectivity index (χ1v) is 12.1. The van der Waals surface area contributed by atoms with E-state index in [-0.39, 0.29) is 17.8 Å². The van der Waals surface area contributed by atoms with Gasteiger partial charge in [-0.15, -0.1) is 0 Å². The van der Waals surface area contributed by atoms with E-state index in [9.17, 15) is 18.0 Å². The van der Waals surface area contributed by atoms with Gasteiger partial charge in [0.1, 0.15) is 0 Å². The van der Waals surface area contributed by atoms with E-state index in [4.69, 9.17) is 4.74 Å². The lowest BCUT2D eigenvalue weighted by molar-refractivity contribution is -0.124. The number of sulfonamides is 1. The molecule has 0 radical (unpaired) electrons. The summed E-state index contributed by atoms with van der Waals surface area (Å²) in [5.74, 6) is -1.19. The number of carbonyl (C=O) groups excluding carboxylic acids is 2. The van der Waals surface area contributed by atoms with Gasteiger partial charge in [-0.25, -0.2) is 13.2 Å². The third-order valence-electron chi connectivity index (χ3n) is 4.90. The monoisotopic (exact) mass is 470 g/mol. The van der Waals surface area contributed by atoms with Gasteiger partial charge < -0.3 is 10.1 Å². The molecule has 33 heavy (non-hydrogen) atoms. The second kappa shape index (κ2) is 10.3. The zero-order valence-corrected chi connectivity index (χ0v) is 19.5. The Kier molecular flexibility index (Phi) is 7.49. The molecule has 0 aliphatic carbocycles. The summed E-state index contributed by atoms with van der Waals surface area (Å²) >= 11 is 0. The van der Waals surface area contributed by atoms with Crippen molar-refractivity contribution < 1.29 is 22.7 Å². The maximum Gasteiger partial charge on any atom is 0.338 e. The van der Waals surface area contributed by atoms with Crippen molar-refractivity contribution in [3.8, 4) is 0 Å². The summed E-state index contributed by atoms with van der Waals surface area (Å²) < 4.78 is 31.9. The average Bonchev–Trinajstić information content (AvgIpc) is 3.02. The maximum atomic E-state index is 12.2. The molecule has 0 aliphatic heterocycles. The third kappa shape index (κ3) is 6.91. The topological polar surface area (TPSA) is 119 Å². The first-order chi connectivity index (χ1) is 15.6. The number of hydrogen-bond acceptors (Lipinski definition) is 6. The van der Waals surface area contributed by atoms with Crippen LogP contribution < -0.4 is 10.0 Å². The molecular formula is C23H26N4O5S. The molecule has 0 saturated carbocycles. The zero-order valence-electron chi connectivity index (χ0n) is 18.7. The lowest BCUT2D eigenvalue weighted by Gasteiger charge is -2.09. The average molecular weight is 471 g/mol. The second-order valence-corrected chi connectivity index (χ2v) is 9.35. The molecule has 0 aliphatic rings. The molecule has 0 atom stereocenters. The lowest BCUT2D eigenvalue weighted by atomic mass is 10.2. The van der Waals surface area contributed by atoms with Crippen molar-refractivity contribution in [3.63, 3.8) is 0 Å². The van der Waals surface area contributed by atoms with Crippen molar-refractivity contribution in [1.29, 1.82) is 0 Å². The Morgan fingerprint density at radius 1 is 1.06 bits per heavy atom. The summed E-state index contributed by atoms with van der Waals surface area (Å²) in [5.41, 5.74) is 4.16. The number of nitrogens with zero attached hydrogens (tertiary/aromatic N) is 2. The Bertz CT molecular complexity index is 1250. The van der Waals surface area contributed by atoms with Gasteiger partial charge in [-0.3, -0.25) is 14.2 Å². The fraction of sp³-hybridized carbons (Fsp3) is 0.261. The Morgan fingerprint density at radius 3 is 2.48 bits per heavy atom. The maximum absolute atomic E-state index is 12.2. The molecule has 2 aromatic carbocycles. The third-order valence-corrected chi connectivity index (χ3v) is 5.51. The van der Waals surface area contributed by atoms with Crippen LogP contribution in [-0.4, -0.2) is 42.9 Å². The predicted octanol–water partition coefficient (Wildman–Crippen LogP) is 2.39. The lowest BCUT2D eigenvalue weighted by Crippen LogP contribution is -2.28. The summed E-state index contributed by atoms with van der Waals surface area (Å²) in [4.78, 5) is 24.5. The molecule has 1 aromatic heterocycles. The standard InChI is InChI=1S/C23H26N4O5S/c1-16-21(17(2)27(25-16)14-18-8-5-4-6-9-18)13-24-22(28)15-32-23(29)19-10-7-11-20(12-19)26-33(3,30)31/h4-12,26H,13-15H2,1-3H3,(H,24,28). The molecule has 10 heteroatoms. The van der Waals surface area contributed by atoms with Crippen molar-refractivity contribution in [1.82, 2.24) is 15.1 Å². The Morgan fingerprint density at radius 2 is 1.79 bits per heavy atom. The number of rotatable bonds is 9. The summed E-state index contributed by atoms with van der Waals surface area (Å²) in [6, 6.07) is 15.8. The molecule has 0 unspecified atom stereocenters. The van der Waals surface area contributed by atoms with Crippen LogP contribution in [0.2, 0.25) is 0 Å². The van der Waals surface area contributed by atoms with Gasteiger partial charge in [0.2, 0.25) is 10.0 Å². The van der Waals surface area contributed by atoms with Crippen LogP contribution in [0.3, 0.4) is 0 Å². The highest BCUT2D eigenvalue weighted by Gasteiger charge is 2.15. The van der Waals surface area contributed by atoms with E-state index in [0.717, 1.165) is 28.8 Å². The van der Waals surface area contributed by atoms with E-state index in [0.29, 0.717) is 6.54 Å². The molecule has 0 bridgehead atoms. The summed E-state index contributed by atoms with van der Waals surface area (Å²) in [6.45, 7) is 4.26. The second-order valence-electron chi connectivity index (χ2n) is 7.60. The minimum absolute atomic E-state index is 0.130. The highest BCUT2D eigenvalue weighted by atomic mass is 32.2. The molecule has 9 nitrogen and oxygen atoms in total. The number of carbonyl (C=O) groups is 2. The SMILES string of the molecule is Cc1nn(Cc2ccccc2)c(C)c1CNC(=O)COC(=O)c1cccc(NS(C)(=O)=O)c1. The highest BCUT2D eigenvalue weighted by molar-refractivity contribution is 7.92. The number of nitrogens with one attached hydrogen (secondary N) is 2. The van der Waals surface area contributed by atoms with Gasteiger partial charge in [0.05, 0.1) is 24.1 Å². The van der Waals surface area contributed by atoms with E-state index >= 15 is 0 Å². The first-order valence-electron chi connectivity index (χ1n) is 10.2. The Hall–Kier alpha value is -3.66. The number of aryl methyl sites for hydroxylation is 1. The quantitative estimate of drug-likeness (QED) is 0.464. The number of anilines is 1. The molecule has 1 amide bonds. The van der Waals surface area contributed by atoms with Gasteiger partial charge in [-0.1, -0.05) is 36.4 Å². The minimum atomic E-state index is -3.48. The van der Waals surface area contributed by atoms with Gasteiger partial charge in [0.15, 0.2) is 6.61 Å². The summed E-state index contributed by atoms with van der Waals surface area (Å²) in [7, 11) is -3.48. The number of aromatic nitrogens is 2. The summed E-state index contributed by atoms with van der Waals surface area (Å²) in [6.07, 6.45) is 1.01. The van der Waals surface area contributed by atoms with Crippen LogP contribution >= 0.6 is 0 Å². The Balaban J connectivity index is 1.54. The molecule has 0 saturated heterocycles. The normalized spacial score (nSPS) is 11.1. The van der Waals surface area contributed by atoms with Crippen molar-refractivity contribution in [2.45, 2.75) is 26.9 Å². The van der Waals surface area contributed by atoms with Crippen LogP contribution in [0.5, 0.6) is 0 Å². The van der Waals surface area contributed by atoms with Crippen LogP contribution in [0.4, 0.5) is 5.69 Å². The number of benzene rings is 2. The first kappa shape index (κ1) is 24.0. The molecule has 3 rings (SSSR count). The van der Waals surface area contributed by atoms with E-state index in [1.807, 2.05) is 48.9 Å². The van der Waals surface area contributed by atoms with Gasteiger partial charge in [0.25, 0.3) is 5.91 Å². The van der Waals surface area contributed by atoms with Gasteiger partial charge >= 0.3 is 5.97 Å². The fourth-order valence-corrected chi connectivity index (χ4v) is 3.83. The van der Waals surface area contributed by atoms with Crippen LogP contribution in [0.1, 0.15) is 32.9 Å². The molecule has 0 spiro atoms. The number of amides is 1. The largest absolute Gasteiger partial charge is 0.452 e. The predicted molar refractivity (Wildman–Crippen MR) is 124 cm³/mol. The Labute approximate surface area is 192 Å². The van der Waals surface area contributed by atoms with E-state index in [1.165, 1.54) is 24.3 Å². The molecule has 1 heterocycles. The van der Waals surface area contributed by atoms with Crippen LogP contribution in [0.15, 0.2) is 54.6 Å². The minimum Gasteiger partial charge on any atom is -0.452 e. The van der Waals surface area contributed by atoms with E-state index in [2.05, 4.69) is 15.1 Å². The van der Waals surface area contributed by atoms with E-state index < -0.39 is 28.5 Å². The zero-order chi connectivity index (χ0) is 24.0. The van der Waals surface area contributed by atoms with Crippen LogP contribution in [0, 0.1) is 13.8 Å². The van der Waals surface area contributed by atoms with Gasteiger partial charge in [-0.05, 0) is 37.6 Å². The number of hydrogen-bond donors (Lipinski definition) is 2. The molecule has 3 aromatic rings. The molecular weight excluding hydrogens is 444 g/mol. The van der Waals surface area contributed by atoms with E-state index in [1.54, 1.807) is 0 Å². The molecule has 0 fully saturated rings. The van der Waals surface area contributed by atoms with Crippen LogP contribution in [0.25, 0.3) is 0 Å². The fourth-order valence-electron chi connectivity index (χ4n) is 3.28. The van der Waals surface area contributed by atoms with Gasteiger partial charge in [0, 0.05) is 23.5 Å². The summed E-state index contributed by atoms with van der Waals surface area (Å²) in [5, 5.41) is 7.31. The number of ether oxygens (including phenoxy) is 1. The molecule has 174 valence electrons. The van der Waals surface area contributed by atoms with Crippen molar-refractivity contribution >= 4 is 27.6 Å². The molecule has 2 N–H and O–H groups in total.